The largest absolute Gasteiger partial charge is 0.379 e. The number of rotatable bonds is 8. The third-order valence-electron chi connectivity index (χ3n) is 5.60. The molecule has 1 saturated carbocycles. The van der Waals surface area contributed by atoms with Crippen molar-refractivity contribution in [2.45, 2.75) is 31.6 Å². The normalized spacial score (nSPS) is 19.7. The predicted molar refractivity (Wildman–Crippen MR) is 128 cm³/mol. The zero-order valence-corrected chi connectivity index (χ0v) is 20.2. The maximum atomic E-state index is 12.5. The van der Waals surface area contributed by atoms with E-state index in [2.05, 4.69) is 34.9 Å². The third kappa shape index (κ3) is 6.53. The van der Waals surface area contributed by atoms with Gasteiger partial charge in [-0.05, 0) is 25.3 Å². The summed E-state index contributed by atoms with van der Waals surface area (Å²) in [4.78, 5) is 4.78. The minimum atomic E-state index is -3.27. The summed E-state index contributed by atoms with van der Waals surface area (Å²) in [6.07, 6.45) is 3.52. The van der Waals surface area contributed by atoms with Crippen molar-refractivity contribution in [1.82, 2.24) is 14.9 Å². The SMILES string of the molecule is CCNC(=NCC1(c2ccccc2)CCC1)NCCS(=O)(=O)N1CCOCC1.I. The summed E-state index contributed by atoms with van der Waals surface area (Å²) in [6, 6.07) is 10.6. The Morgan fingerprint density at radius 3 is 2.45 bits per heavy atom. The number of benzene rings is 1. The standard InChI is InChI=1S/C20H32N4O3S.HI/c1-2-21-19(22-11-16-28(25,26)24-12-14-27-15-13-24)23-17-20(9-6-10-20)18-7-4-3-5-8-18;/h3-5,7-8H,2,6,9-17H2,1H3,(H2,21,22,23);1H. The molecule has 29 heavy (non-hydrogen) atoms. The van der Waals surface area contributed by atoms with Gasteiger partial charge in [-0.3, -0.25) is 4.99 Å². The summed E-state index contributed by atoms with van der Waals surface area (Å²) in [6.45, 7) is 5.62. The van der Waals surface area contributed by atoms with Gasteiger partial charge in [-0.2, -0.15) is 4.31 Å². The van der Waals surface area contributed by atoms with Crippen LogP contribution in [-0.4, -0.2) is 70.4 Å². The highest BCUT2D eigenvalue weighted by Crippen LogP contribution is 2.43. The van der Waals surface area contributed by atoms with E-state index in [0.29, 0.717) is 45.4 Å². The monoisotopic (exact) mass is 536 g/mol. The number of nitrogens with one attached hydrogen (secondary N) is 2. The van der Waals surface area contributed by atoms with Gasteiger partial charge in [-0.15, -0.1) is 24.0 Å². The number of hydrogen-bond acceptors (Lipinski definition) is 4. The van der Waals surface area contributed by atoms with Crippen LogP contribution < -0.4 is 10.6 Å². The number of morpholine rings is 1. The molecule has 1 heterocycles. The molecule has 7 nitrogen and oxygen atoms in total. The fourth-order valence-corrected chi connectivity index (χ4v) is 5.08. The molecule has 2 fully saturated rings. The lowest BCUT2D eigenvalue weighted by molar-refractivity contribution is 0.0730. The van der Waals surface area contributed by atoms with Crippen molar-refractivity contribution >= 4 is 40.0 Å². The quantitative estimate of drug-likeness (QED) is 0.302. The van der Waals surface area contributed by atoms with Gasteiger partial charge in [-0.1, -0.05) is 36.8 Å². The van der Waals surface area contributed by atoms with Crippen LogP contribution in [0, 0.1) is 0 Å². The minimum absolute atomic E-state index is 0. The van der Waals surface area contributed by atoms with Gasteiger partial charge >= 0.3 is 0 Å². The molecule has 0 amide bonds. The first kappa shape index (κ1) is 24.4. The summed E-state index contributed by atoms with van der Waals surface area (Å²) in [5, 5.41) is 6.42. The van der Waals surface area contributed by atoms with Crippen LogP contribution in [-0.2, 0) is 20.2 Å². The number of guanidine groups is 1. The van der Waals surface area contributed by atoms with Crippen LogP contribution in [0.4, 0.5) is 0 Å². The minimum Gasteiger partial charge on any atom is -0.379 e. The summed E-state index contributed by atoms with van der Waals surface area (Å²) in [5.74, 6) is 0.739. The number of sulfonamides is 1. The van der Waals surface area contributed by atoms with Crippen molar-refractivity contribution < 1.29 is 13.2 Å². The van der Waals surface area contributed by atoms with E-state index >= 15 is 0 Å². The molecule has 1 aliphatic carbocycles. The molecule has 1 aromatic carbocycles. The van der Waals surface area contributed by atoms with Gasteiger partial charge < -0.3 is 15.4 Å². The van der Waals surface area contributed by atoms with Crippen molar-refractivity contribution in [1.29, 1.82) is 0 Å². The van der Waals surface area contributed by atoms with Crippen LogP contribution in [0.1, 0.15) is 31.7 Å². The third-order valence-corrected chi connectivity index (χ3v) is 7.47. The van der Waals surface area contributed by atoms with Crippen LogP contribution >= 0.6 is 24.0 Å². The number of nitrogens with zero attached hydrogens (tertiary/aromatic N) is 2. The second-order valence-corrected chi connectivity index (χ2v) is 9.54. The Morgan fingerprint density at radius 1 is 1.17 bits per heavy atom. The molecular formula is C20H33IN4O3S. The maximum Gasteiger partial charge on any atom is 0.215 e. The average Bonchev–Trinajstić information content (AvgIpc) is 2.68. The van der Waals surface area contributed by atoms with Crippen LogP contribution in [0.2, 0.25) is 0 Å². The smallest absolute Gasteiger partial charge is 0.215 e. The first-order valence-electron chi connectivity index (χ1n) is 10.2. The molecule has 0 unspecified atom stereocenters. The first-order chi connectivity index (χ1) is 13.6. The van der Waals surface area contributed by atoms with Crippen molar-refractivity contribution in [3.8, 4) is 0 Å². The van der Waals surface area contributed by atoms with Crippen molar-refractivity contribution in [3.63, 3.8) is 0 Å². The van der Waals surface area contributed by atoms with E-state index in [-0.39, 0.29) is 35.1 Å². The number of hydrogen-bond donors (Lipinski definition) is 2. The molecule has 2 aliphatic rings. The van der Waals surface area contributed by atoms with Crippen molar-refractivity contribution in [2.24, 2.45) is 4.99 Å². The first-order valence-corrected chi connectivity index (χ1v) is 11.8. The van der Waals surface area contributed by atoms with Gasteiger partial charge in [0, 0.05) is 31.6 Å². The Balaban J connectivity index is 0.00000300. The van der Waals surface area contributed by atoms with Gasteiger partial charge in [0.2, 0.25) is 10.0 Å². The summed E-state index contributed by atoms with van der Waals surface area (Å²) >= 11 is 0. The molecule has 1 saturated heterocycles. The Morgan fingerprint density at radius 2 is 1.86 bits per heavy atom. The van der Waals surface area contributed by atoms with E-state index in [9.17, 15) is 8.42 Å². The molecule has 0 radical (unpaired) electrons. The number of halogens is 1. The lowest BCUT2D eigenvalue weighted by Crippen LogP contribution is -2.46. The van der Waals surface area contributed by atoms with Gasteiger partial charge in [-0.25, -0.2) is 8.42 Å². The lowest BCUT2D eigenvalue weighted by atomic mass is 9.64. The number of ether oxygens (including phenoxy) is 1. The summed E-state index contributed by atoms with van der Waals surface area (Å²) < 4.78 is 31.7. The molecule has 164 valence electrons. The maximum absolute atomic E-state index is 12.5. The zero-order chi connectivity index (χ0) is 19.9. The van der Waals surface area contributed by atoms with E-state index < -0.39 is 10.0 Å². The second kappa shape index (κ2) is 11.5. The molecule has 0 spiro atoms. The van der Waals surface area contributed by atoms with Crippen LogP contribution in [0.3, 0.4) is 0 Å². The van der Waals surface area contributed by atoms with Crippen molar-refractivity contribution in [3.05, 3.63) is 35.9 Å². The van der Waals surface area contributed by atoms with E-state index in [4.69, 9.17) is 9.73 Å². The van der Waals surface area contributed by atoms with E-state index in [0.717, 1.165) is 19.4 Å². The van der Waals surface area contributed by atoms with Gasteiger partial charge in [0.05, 0.1) is 25.5 Å². The highest BCUT2D eigenvalue weighted by atomic mass is 127. The van der Waals surface area contributed by atoms with Gasteiger partial charge in [0.15, 0.2) is 5.96 Å². The summed E-state index contributed by atoms with van der Waals surface area (Å²) in [7, 11) is -3.27. The Labute approximate surface area is 191 Å². The molecule has 1 aromatic rings. The van der Waals surface area contributed by atoms with Crippen LogP contribution in [0.25, 0.3) is 0 Å². The Bertz CT molecular complexity index is 748. The molecule has 1 aliphatic heterocycles. The highest BCUT2D eigenvalue weighted by Gasteiger charge is 2.38. The molecular weight excluding hydrogens is 503 g/mol. The fourth-order valence-electron chi connectivity index (χ4n) is 3.76. The average molecular weight is 536 g/mol. The Kier molecular flexibility index (Phi) is 9.64. The van der Waals surface area contributed by atoms with Crippen LogP contribution in [0.15, 0.2) is 35.3 Å². The predicted octanol–water partition coefficient (Wildman–Crippen LogP) is 1.94. The van der Waals surface area contributed by atoms with E-state index in [1.165, 1.54) is 16.3 Å². The summed E-state index contributed by atoms with van der Waals surface area (Å²) in [5.41, 5.74) is 1.46. The lowest BCUT2D eigenvalue weighted by Gasteiger charge is -2.41. The zero-order valence-electron chi connectivity index (χ0n) is 17.1. The topological polar surface area (TPSA) is 83.0 Å². The van der Waals surface area contributed by atoms with Crippen molar-refractivity contribution in [2.75, 3.05) is 51.7 Å². The van der Waals surface area contributed by atoms with E-state index in [1.54, 1.807) is 0 Å². The second-order valence-electron chi connectivity index (χ2n) is 7.45. The molecule has 0 atom stereocenters. The fraction of sp³-hybridized carbons (Fsp3) is 0.650. The molecule has 9 heteroatoms. The Hall–Kier alpha value is -0.910. The molecule has 0 bridgehead atoms. The van der Waals surface area contributed by atoms with Gasteiger partial charge in [0.25, 0.3) is 0 Å². The molecule has 2 N–H and O–H groups in total. The van der Waals surface area contributed by atoms with Gasteiger partial charge in [0.1, 0.15) is 0 Å². The number of aliphatic imine (C=N–C) groups is 1. The van der Waals surface area contributed by atoms with E-state index in [1.807, 2.05) is 13.0 Å². The molecule has 3 rings (SSSR count). The molecule has 0 aromatic heterocycles. The van der Waals surface area contributed by atoms with Crippen LogP contribution in [0.5, 0.6) is 0 Å². The highest BCUT2D eigenvalue weighted by molar-refractivity contribution is 14.0.